The number of carbonyl (C=O) groups is 1. The lowest BCUT2D eigenvalue weighted by molar-refractivity contribution is -0.113. The molecule has 1 saturated carbocycles. The number of rotatable bonds is 10. The molecule has 1 aliphatic carbocycles. The van der Waals surface area contributed by atoms with Gasteiger partial charge in [0.25, 0.3) is 5.56 Å². The van der Waals surface area contributed by atoms with E-state index in [0.29, 0.717) is 30.9 Å². The monoisotopic (exact) mass is 513 g/mol. The fraction of sp³-hybridized carbons (Fsp3) is 0.429. The summed E-state index contributed by atoms with van der Waals surface area (Å²) in [6.07, 6.45) is 15.5. The Bertz CT molecular complexity index is 1140. The molecule has 0 spiro atoms. The third-order valence-corrected chi connectivity index (χ3v) is 6.69. The van der Waals surface area contributed by atoms with Crippen LogP contribution in [0, 0.1) is 19.3 Å². The average Bonchev–Trinajstić information content (AvgIpc) is 3.64. The maximum atomic E-state index is 14.7. The Morgan fingerprint density at radius 3 is 2.53 bits per heavy atom. The summed E-state index contributed by atoms with van der Waals surface area (Å²) in [6, 6.07) is 0.166. The molecule has 1 aromatic heterocycles. The number of ether oxygens (including phenoxy) is 1. The number of hydrogen-bond acceptors (Lipinski definition) is 6. The predicted octanol–water partition coefficient (Wildman–Crippen LogP) is 5.42. The first-order valence-corrected chi connectivity index (χ1v) is 12.8. The number of hydrogen-bond donors (Lipinski definition) is 1. The van der Waals surface area contributed by atoms with Crippen molar-refractivity contribution in [1.29, 1.82) is 0 Å². The molecule has 0 bridgehead atoms. The zero-order valence-electron chi connectivity index (χ0n) is 21.6. The number of nitrogens with one attached hydrogen (secondary N) is 1. The number of aromatic nitrogens is 1. The van der Waals surface area contributed by atoms with Crippen LogP contribution in [0.4, 0.5) is 9.39 Å². The fourth-order valence-corrected chi connectivity index (χ4v) is 4.65. The molecule has 0 aromatic carbocycles. The van der Waals surface area contributed by atoms with Crippen molar-refractivity contribution in [3.05, 3.63) is 75.7 Å². The summed E-state index contributed by atoms with van der Waals surface area (Å²) in [5.74, 6) is 1.49. The van der Waals surface area contributed by atoms with Gasteiger partial charge in [0.15, 0.2) is 5.78 Å². The lowest BCUT2D eigenvalue weighted by Crippen LogP contribution is -2.35. The Morgan fingerprint density at radius 1 is 1.39 bits per heavy atom. The maximum Gasteiger partial charge on any atom is 0.263 e. The molecule has 194 valence electrons. The van der Waals surface area contributed by atoms with Crippen molar-refractivity contribution < 1.29 is 13.9 Å². The second kappa shape index (κ2) is 14.4. The highest BCUT2D eigenvalue weighted by Crippen LogP contribution is 2.39. The number of H-pyrrole nitrogens is 1. The topological polar surface area (TPSA) is 65.6 Å². The van der Waals surface area contributed by atoms with E-state index in [4.69, 9.17) is 4.74 Å². The Balaban J connectivity index is 0.00000145. The molecule has 1 aliphatic heterocycles. The van der Waals surface area contributed by atoms with Gasteiger partial charge in [-0.3, -0.25) is 14.0 Å². The molecule has 0 unspecified atom stereocenters. The molecular formula is C28H36FN3O3S. The van der Waals surface area contributed by atoms with Crippen molar-refractivity contribution >= 4 is 22.3 Å². The lowest BCUT2D eigenvalue weighted by atomic mass is 10.1. The maximum absolute atomic E-state index is 14.7. The van der Waals surface area contributed by atoms with Crippen LogP contribution in [-0.4, -0.2) is 47.4 Å². The van der Waals surface area contributed by atoms with Crippen LogP contribution in [0.2, 0.25) is 0 Å². The zero-order valence-corrected chi connectivity index (χ0v) is 22.4. The van der Waals surface area contributed by atoms with Gasteiger partial charge in [-0.25, -0.2) is 4.39 Å². The van der Waals surface area contributed by atoms with Crippen molar-refractivity contribution in [2.45, 2.75) is 53.0 Å². The number of carbonyl (C=O) groups excluding carboxylic acids is 1. The molecule has 2 aliphatic rings. The highest BCUT2D eigenvalue weighted by molar-refractivity contribution is 7.10. The molecule has 36 heavy (non-hydrogen) atoms. The van der Waals surface area contributed by atoms with Crippen LogP contribution in [0.5, 0.6) is 0 Å². The summed E-state index contributed by atoms with van der Waals surface area (Å²) in [6.45, 7) is 14.0. The fourth-order valence-electron chi connectivity index (χ4n) is 3.71. The first-order chi connectivity index (χ1) is 17.2. The predicted molar refractivity (Wildman–Crippen MR) is 147 cm³/mol. The second-order valence-electron chi connectivity index (χ2n) is 8.45. The van der Waals surface area contributed by atoms with E-state index in [9.17, 15) is 14.0 Å². The van der Waals surface area contributed by atoms with Crippen LogP contribution in [0.3, 0.4) is 0 Å². The van der Waals surface area contributed by atoms with Gasteiger partial charge in [-0.05, 0) is 76.7 Å². The molecule has 1 aromatic rings. The summed E-state index contributed by atoms with van der Waals surface area (Å²) in [4.78, 5) is 28.4. The highest BCUT2D eigenvalue weighted by atomic mass is 32.1. The summed E-state index contributed by atoms with van der Waals surface area (Å²) >= 11 is 1.22. The molecule has 0 radical (unpaired) electrons. The summed E-state index contributed by atoms with van der Waals surface area (Å²) in [5, 5.41) is 0.731. The number of terminal acetylenes is 1. The van der Waals surface area contributed by atoms with E-state index < -0.39 is 5.83 Å². The number of morpholine rings is 1. The van der Waals surface area contributed by atoms with Gasteiger partial charge in [-0.15, -0.1) is 12.3 Å². The molecule has 2 heterocycles. The molecule has 1 saturated heterocycles. The van der Waals surface area contributed by atoms with E-state index in [0.717, 1.165) is 36.6 Å². The van der Waals surface area contributed by atoms with E-state index >= 15 is 0 Å². The SMILES string of the molecule is C#CC.C=C(/C(=C\C(F)=C\C/C=C\C(=C/C)N1CCOCC1)C(C)=O)N(c1s[nH]c(=O)c1C)C1CC1. The highest BCUT2D eigenvalue weighted by Gasteiger charge is 2.35. The molecule has 8 heteroatoms. The van der Waals surface area contributed by atoms with Gasteiger partial charge >= 0.3 is 0 Å². The largest absolute Gasteiger partial charge is 0.378 e. The number of aromatic amines is 1. The van der Waals surface area contributed by atoms with E-state index in [2.05, 4.69) is 28.2 Å². The molecular weight excluding hydrogens is 477 g/mol. The van der Waals surface area contributed by atoms with Gasteiger partial charge in [-0.2, -0.15) is 0 Å². The van der Waals surface area contributed by atoms with Gasteiger partial charge in [0.05, 0.1) is 18.8 Å². The molecule has 0 atom stereocenters. The second-order valence-corrected chi connectivity index (χ2v) is 9.25. The van der Waals surface area contributed by atoms with Crippen molar-refractivity contribution in [1.82, 2.24) is 9.27 Å². The Hall–Kier alpha value is -3.15. The summed E-state index contributed by atoms with van der Waals surface area (Å²) in [5.41, 5.74) is 2.14. The van der Waals surface area contributed by atoms with E-state index in [1.807, 2.05) is 30.1 Å². The van der Waals surface area contributed by atoms with E-state index in [1.165, 1.54) is 30.6 Å². The average molecular weight is 514 g/mol. The Morgan fingerprint density at radius 2 is 2.03 bits per heavy atom. The number of allylic oxidation sites excluding steroid dienone is 7. The Kier molecular flexibility index (Phi) is 11.6. The summed E-state index contributed by atoms with van der Waals surface area (Å²) in [7, 11) is 0. The van der Waals surface area contributed by atoms with Crippen LogP contribution in [0.15, 0.2) is 64.5 Å². The van der Waals surface area contributed by atoms with E-state index in [1.54, 1.807) is 13.8 Å². The van der Waals surface area contributed by atoms with Crippen LogP contribution < -0.4 is 10.5 Å². The Labute approximate surface area is 217 Å². The minimum absolute atomic E-state index is 0.155. The van der Waals surface area contributed by atoms with Gasteiger partial charge < -0.3 is 14.5 Å². The van der Waals surface area contributed by atoms with Crippen LogP contribution >= 0.6 is 11.5 Å². The molecule has 6 nitrogen and oxygen atoms in total. The first kappa shape index (κ1) is 29.1. The minimum Gasteiger partial charge on any atom is -0.378 e. The van der Waals surface area contributed by atoms with Crippen LogP contribution in [0.25, 0.3) is 0 Å². The third-order valence-electron chi connectivity index (χ3n) is 5.71. The quantitative estimate of drug-likeness (QED) is 0.257. The number of halogens is 1. The number of nitrogens with zero attached hydrogens (tertiary/aromatic N) is 2. The smallest absolute Gasteiger partial charge is 0.263 e. The zero-order chi connectivity index (χ0) is 26.7. The van der Waals surface area contributed by atoms with Gasteiger partial charge in [0.1, 0.15) is 10.8 Å². The minimum atomic E-state index is -0.492. The van der Waals surface area contributed by atoms with Crippen LogP contribution in [-0.2, 0) is 9.53 Å². The number of ketones is 1. The van der Waals surface area contributed by atoms with Crippen molar-refractivity contribution in [3.8, 4) is 12.3 Å². The molecule has 3 rings (SSSR count). The molecule has 0 amide bonds. The lowest BCUT2D eigenvalue weighted by Gasteiger charge is -2.29. The van der Waals surface area contributed by atoms with Crippen molar-refractivity contribution in [2.24, 2.45) is 0 Å². The van der Waals surface area contributed by atoms with Gasteiger partial charge in [0.2, 0.25) is 0 Å². The van der Waals surface area contributed by atoms with Crippen molar-refractivity contribution in [3.63, 3.8) is 0 Å². The number of Topliss-reactive ketones (excluding diaryl/α,β-unsaturated/α-hetero) is 1. The van der Waals surface area contributed by atoms with Gasteiger partial charge in [-0.1, -0.05) is 18.7 Å². The third kappa shape index (κ3) is 8.21. The normalized spacial score (nSPS) is 16.9. The summed E-state index contributed by atoms with van der Waals surface area (Å²) < 4.78 is 22.9. The molecule has 2 fully saturated rings. The standard InChI is InChI=1S/C25H32FN3O3S.C3H4/c1-5-21(28-12-14-32-15-13-28)9-7-6-8-20(26)16-23(19(4)30)18(3)29(22-10-11-22)25-17(2)24(31)27-33-25;1-3-2/h5,7-9,16,22H,3,6,10-15H2,1-2,4H3,(H,27,31);1H,2H3/b9-7-,20-8-,21-5+,23-16+;. The van der Waals surface area contributed by atoms with Gasteiger partial charge in [0, 0.05) is 36.1 Å². The van der Waals surface area contributed by atoms with E-state index in [-0.39, 0.29) is 23.0 Å². The van der Waals surface area contributed by atoms with Crippen molar-refractivity contribution in [2.75, 3.05) is 31.2 Å². The first-order valence-electron chi connectivity index (χ1n) is 12.0. The van der Waals surface area contributed by atoms with Crippen LogP contribution in [0.1, 0.15) is 45.6 Å². The number of anilines is 1. The molecule has 1 N–H and O–H groups in total.